The minimum atomic E-state index is 0.221. The summed E-state index contributed by atoms with van der Waals surface area (Å²) in [6.07, 6.45) is 6.88. The number of nitrogens with zero attached hydrogens (tertiary/aromatic N) is 3. The normalized spacial score (nSPS) is 16.8. The van der Waals surface area contributed by atoms with Crippen molar-refractivity contribution in [2.45, 2.75) is 45.8 Å². The number of aromatic nitrogens is 3. The molecule has 1 fully saturated rings. The Hall–Kier alpha value is -1.55. The van der Waals surface area contributed by atoms with Crippen molar-refractivity contribution in [3.05, 3.63) is 41.5 Å². The monoisotopic (exact) mass is 258 g/mol. The Bertz CT molecular complexity index is 562. The molecule has 1 unspecified atom stereocenters. The number of nitrogens with two attached hydrogens (primary N) is 1. The molecule has 4 heteroatoms. The van der Waals surface area contributed by atoms with E-state index in [1.165, 1.54) is 24.1 Å². The van der Waals surface area contributed by atoms with Gasteiger partial charge in [-0.05, 0) is 50.3 Å². The van der Waals surface area contributed by atoms with E-state index in [9.17, 15) is 0 Å². The van der Waals surface area contributed by atoms with Crippen LogP contribution in [0.1, 0.15) is 42.8 Å². The summed E-state index contributed by atoms with van der Waals surface area (Å²) in [4.78, 5) is 0. The van der Waals surface area contributed by atoms with Crippen molar-refractivity contribution in [1.29, 1.82) is 0 Å². The van der Waals surface area contributed by atoms with Gasteiger partial charge in [-0.1, -0.05) is 0 Å². The summed E-state index contributed by atoms with van der Waals surface area (Å²) in [6.45, 7) is 5.95. The Morgan fingerprint density at radius 1 is 1.47 bits per heavy atom. The molecule has 2 heterocycles. The van der Waals surface area contributed by atoms with Gasteiger partial charge in [0.05, 0.1) is 17.9 Å². The molecule has 3 rings (SSSR count). The first-order chi connectivity index (χ1) is 9.17. The van der Waals surface area contributed by atoms with Crippen LogP contribution < -0.4 is 5.73 Å². The lowest BCUT2D eigenvalue weighted by Crippen LogP contribution is -2.11. The van der Waals surface area contributed by atoms with Crippen LogP contribution in [-0.4, -0.2) is 14.3 Å². The third kappa shape index (κ3) is 2.59. The third-order valence-corrected chi connectivity index (χ3v) is 3.92. The predicted octanol–water partition coefficient (Wildman–Crippen LogP) is 2.47. The van der Waals surface area contributed by atoms with E-state index in [2.05, 4.69) is 45.8 Å². The number of hydrogen-bond acceptors (Lipinski definition) is 2. The minimum absolute atomic E-state index is 0.221. The SMILES string of the molecule is CCn1nc(C)cc1Cn1ccc(C(N)C2CC2)c1. The van der Waals surface area contributed by atoms with Crippen LogP contribution in [0.2, 0.25) is 0 Å². The van der Waals surface area contributed by atoms with Gasteiger partial charge in [0.2, 0.25) is 0 Å². The standard InChI is InChI=1S/C15H22N4/c1-3-19-14(8-11(2)17-19)10-18-7-6-13(9-18)15(16)12-4-5-12/h6-9,12,15H,3-5,10,16H2,1-2H3. The quantitative estimate of drug-likeness (QED) is 0.895. The molecule has 0 saturated heterocycles. The van der Waals surface area contributed by atoms with Crippen LogP contribution in [0.5, 0.6) is 0 Å². The number of aryl methyl sites for hydroxylation is 2. The van der Waals surface area contributed by atoms with Crippen molar-refractivity contribution >= 4 is 0 Å². The summed E-state index contributed by atoms with van der Waals surface area (Å²) in [5.74, 6) is 0.708. The zero-order chi connectivity index (χ0) is 13.4. The minimum Gasteiger partial charge on any atom is -0.348 e. The first-order valence-electron chi connectivity index (χ1n) is 7.12. The van der Waals surface area contributed by atoms with Crippen LogP contribution in [0.3, 0.4) is 0 Å². The summed E-state index contributed by atoms with van der Waals surface area (Å²) >= 11 is 0. The van der Waals surface area contributed by atoms with E-state index in [1.54, 1.807) is 0 Å². The number of hydrogen-bond donors (Lipinski definition) is 1. The molecule has 0 amide bonds. The highest BCUT2D eigenvalue weighted by Crippen LogP contribution is 2.39. The van der Waals surface area contributed by atoms with Gasteiger partial charge in [-0.15, -0.1) is 0 Å². The van der Waals surface area contributed by atoms with Crippen molar-refractivity contribution in [3.63, 3.8) is 0 Å². The summed E-state index contributed by atoms with van der Waals surface area (Å²) in [7, 11) is 0. The van der Waals surface area contributed by atoms with Crippen LogP contribution in [0.15, 0.2) is 24.5 Å². The maximum atomic E-state index is 6.24. The molecule has 2 N–H and O–H groups in total. The largest absolute Gasteiger partial charge is 0.348 e. The van der Waals surface area contributed by atoms with Crippen molar-refractivity contribution in [2.75, 3.05) is 0 Å². The molecule has 1 aliphatic carbocycles. The molecular formula is C15H22N4. The molecule has 2 aromatic rings. The van der Waals surface area contributed by atoms with E-state index in [0.29, 0.717) is 5.92 Å². The van der Waals surface area contributed by atoms with Gasteiger partial charge < -0.3 is 10.3 Å². The molecular weight excluding hydrogens is 236 g/mol. The summed E-state index contributed by atoms with van der Waals surface area (Å²) < 4.78 is 4.27. The second-order valence-electron chi connectivity index (χ2n) is 5.57. The lowest BCUT2D eigenvalue weighted by atomic mass is 10.1. The van der Waals surface area contributed by atoms with Crippen molar-refractivity contribution in [2.24, 2.45) is 11.7 Å². The molecule has 4 nitrogen and oxygen atoms in total. The summed E-state index contributed by atoms with van der Waals surface area (Å²) in [5.41, 5.74) is 9.84. The van der Waals surface area contributed by atoms with Crippen LogP contribution in [0, 0.1) is 12.8 Å². The molecule has 0 aromatic carbocycles. The van der Waals surface area contributed by atoms with Gasteiger partial charge in [-0.2, -0.15) is 5.10 Å². The van der Waals surface area contributed by atoms with E-state index in [4.69, 9.17) is 5.73 Å². The summed E-state index contributed by atoms with van der Waals surface area (Å²) in [5, 5.41) is 4.48. The average Bonchev–Trinajstić information content (AvgIpc) is 3.04. The second-order valence-corrected chi connectivity index (χ2v) is 5.57. The van der Waals surface area contributed by atoms with Gasteiger partial charge in [0.1, 0.15) is 0 Å². The van der Waals surface area contributed by atoms with E-state index in [1.807, 2.05) is 6.92 Å². The second kappa shape index (κ2) is 4.85. The van der Waals surface area contributed by atoms with Crippen LogP contribution in [0.25, 0.3) is 0 Å². The van der Waals surface area contributed by atoms with E-state index in [-0.39, 0.29) is 6.04 Å². The maximum absolute atomic E-state index is 6.24. The highest BCUT2D eigenvalue weighted by molar-refractivity contribution is 5.19. The highest BCUT2D eigenvalue weighted by atomic mass is 15.3. The fourth-order valence-electron chi connectivity index (χ4n) is 2.67. The predicted molar refractivity (Wildman–Crippen MR) is 75.8 cm³/mol. The van der Waals surface area contributed by atoms with Gasteiger partial charge >= 0.3 is 0 Å². The Balaban J connectivity index is 1.75. The smallest absolute Gasteiger partial charge is 0.0639 e. The lowest BCUT2D eigenvalue weighted by molar-refractivity contribution is 0.594. The van der Waals surface area contributed by atoms with Crippen molar-refractivity contribution < 1.29 is 0 Å². The molecule has 0 spiro atoms. The Labute approximate surface area is 114 Å². The average molecular weight is 258 g/mol. The fourth-order valence-corrected chi connectivity index (χ4v) is 2.67. The number of rotatable bonds is 5. The lowest BCUT2D eigenvalue weighted by Gasteiger charge is -2.08. The maximum Gasteiger partial charge on any atom is 0.0639 e. The zero-order valence-electron chi connectivity index (χ0n) is 11.7. The van der Waals surface area contributed by atoms with Crippen molar-refractivity contribution in [3.8, 4) is 0 Å². The molecule has 102 valence electrons. The highest BCUT2D eigenvalue weighted by Gasteiger charge is 2.29. The van der Waals surface area contributed by atoms with Crippen LogP contribution in [-0.2, 0) is 13.1 Å². The molecule has 0 bridgehead atoms. The molecule has 0 aliphatic heterocycles. The summed E-state index contributed by atoms with van der Waals surface area (Å²) in [6, 6.07) is 4.53. The molecule has 2 aromatic heterocycles. The third-order valence-electron chi connectivity index (χ3n) is 3.92. The Kier molecular flexibility index (Phi) is 3.19. The zero-order valence-corrected chi connectivity index (χ0v) is 11.7. The Morgan fingerprint density at radius 3 is 2.95 bits per heavy atom. The molecule has 19 heavy (non-hydrogen) atoms. The van der Waals surface area contributed by atoms with Gasteiger partial charge in [0.15, 0.2) is 0 Å². The topological polar surface area (TPSA) is 48.8 Å². The first-order valence-corrected chi connectivity index (χ1v) is 7.12. The van der Waals surface area contributed by atoms with E-state index in [0.717, 1.165) is 18.8 Å². The molecule has 1 atom stereocenters. The van der Waals surface area contributed by atoms with E-state index < -0.39 is 0 Å². The first kappa shape index (κ1) is 12.5. The molecule has 0 radical (unpaired) electrons. The van der Waals surface area contributed by atoms with Crippen LogP contribution in [0.4, 0.5) is 0 Å². The molecule has 1 saturated carbocycles. The van der Waals surface area contributed by atoms with Crippen LogP contribution >= 0.6 is 0 Å². The van der Waals surface area contributed by atoms with Gasteiger partial charge in [-0.25, -0.2) is 0 Å². The Morgan fingerprint density at radius 2 is 2.26 bits per heavy atom. The fraction of sp³-hybridized carbons (Fsp3) is 0.533. The van der Waals surface area contributed by atoms with Gasteiger partial charge in [0.25, 0.3) is 0 Å². The molecule has 1 aliphatic rings. The van der Waals surface area contributed by atoms with Gasteiger partial charge in [-0.3, -0.25) is 4.68 Å². The van der Waals surface area contributed by atoms with E-state index >= 15 is 0 Å². The van der Waals surface area contributed by atoms with Crippen molar-refractivity contribution in [1.82, 2.24) is 14.3 Å². The van der Waals surface area contributed by atoms with Gasteiger partial charge in [0, 0.05) is 25.0 Å².